The fourth-order valence-corrected chi connectivity index (χ4v) is 6.81. The van der Waals surface area contributed by atoms with Gasteiger partial charge in [0.1, 0.15) is 0 Å². The van der Waals surface area contributed by atoms with Crippen LogP contribution < -0.4 is 5.32 Å². The number of carbonyl (C=O) groups is 2. The molecule has 1 aliphatic heterocycles. The summed E-state index contributed by atoms with van der Waals surface area (Å²) in [5.74, 6) is -0.928. The van der Waals surface area contributed by atoms with E-state index in [1.807, 2.05) is 48.5 Å². The molecule has 52 heavy (non-hydrogen) atoms. The molecule has 1 aliphatic rings. The number of hydrogen-bond donors (Lipinski definition) is 3. The van der Waals surface area contributed by atoms with E-state index >= 15 is 0 Å². The molecule has 8 heteroatoms. The van der Waals surface area contributed by atoms with Gasteiger partial charge in [-0.05, 0) is 89.2 Å². The molecule has 0 saturated carbocycles. The number of aliphatic hydroxyl groups excluding tert-OH is 1. The lowest BCUT2D eigenvalue weighted by Gasteiger charge is -2.39. The lowest BCUT2D eigenvalue weighted by atomic mass is 9.97. The second-order valence-electron chi connectivity index (χ2n) is 13.8. The summed E-state index contributed by atoms with van der Waals surface area (Å²) in [6.45, 7) is 3.33. The molecular weight excluding hydrogens is 652 g/mol. The van der Waals surface area contributed by atoms with E-state index in [0.717, 1.165) is 33.4 Å². The first-order valence-electron chi connectivity index (χ1n) is 18.1. The smallest absolute Gasteiger partial charge is 0.303 e. The molecule has 5 aromatic rings. The van der Waals surface area contributed by atoms with E-state index in [1.54, 1.807) is 0 Å². The third kappa shape index (κ3) is 9.72. The van der Waals surface area contributed by atoms with Gasteiger partial charge in [-0.1, -0.05) is 97.1 Å². The number of likely N-dealkylation sites (N-methyl/N-ethyl adjacent to an activating group) is 1. The van der Waals surface area contributed by atoms with Gasteiger partial charge in [-0.15, -0.1) is 0 Å². The van der Waals surface area contributed by atoms with Crippen LogP contribution in [0.1, 0.15) is 85.3 Å². The van der Waals surface area contributed by atoms with Crippen LogP contribution in [0, 0.1) is 0 Å². The number of rotatable bonds is 15. The Kier molecular flexibility index (Phi) is 12.5. The van der Waals surface area contributed by atoms with Gasteiger partial charge in [0, 0.05) is 44.0 Å². The second-order valence-corrected chi connectivity index (χ2v) is 13.8. The van der Waals surface area contributed by atoms with E-state index in [1.165, 1.54) is 16.3 Å². The molecule has 4 atom stereocenters. The van der Waals surface area contributed by atoms with Crippen LogP contribution in [0.25, 0.3) is 21.9 Å². The van der Waals surface area contributed by atoms with Crippen LogP contribution >= 0.6 is 0 Å². The van der Waals surface area contributed by atoms with Crippen molar-refractivity contribution in [2.24, 2.45) is 0 Å². The number of carboxylic acids is 1. The van der Waals surface area contributed by atoms with Crippen LogP contribution in [0.5, 0.6) is 0 Å². The van der Waals surface area contributed by atoms with Crippen molar-refractivity contribution in [3.8, 4) is 11.1 Å². The van der Waals surface area contributed by atoms with Gasteiger partial charge in [0.15, 0.2) is 6.29 Å². The number of hydrogen-bond acceptors (Lipinski definition) is 6. The second kappa shape index (κ2) is 17.6. The first-order chi connectivity index (χ1) is 25.2. The highest BCUT2D eigenvalue weighted by molar-refractivity contribution is 5.83. The number of carboxylic acid groups (broad SMARTS) is 1. The van der Waals surface area contributed by atoms with Crippen LogP contribution in [0.2, 0.25) is 0 Å². The summed E-state index contributed by atoms with van der Waals surface area (Å²) in [5.41, 5.74) is 7.09. The molecule has 0 unspecified atom stereocenters. The molecule has 1 saturated heterocycles. The Balaban J connectivity index is 1.17. The van der Waals surface area contributed by atoms with Crippen molar-refractivity contribution < 1.29 is 29.3 Å². The number of aliphatic hydroxyl groups is 1. The van der Waals surface area contributed by atoms with Gasteiger partial charge in [-0.25, -0.2) is 0 Å². The van der Waals surface area contributed by atoms with E-state index in [4.69, 9.17) is 14.6 Å². The van der Waals surface area contributed by atoms with E-state index in [2.05, 4.69) is 90.9 Å². The maximum atomic E-state index is 12.3. The molecule has 8 nitrogen and oxygen atoms in total. The Bertz CT molecular complexity index is 1960. The van der Waals surface area contributed by atoms with Crippen LogP contribution in [-0.4, -0.2) is 46.7 Å². The van der Waals surface area contributed by atoms with Crippen LogP contribution in [0.4, 0.5) is 0 Å². The zero-order valence-electron chi connectivity index (χ0n) is 29.9. The molecule has 6 rings (SSSR count). The first kappa shape index (κ1) is 36.9. The first-order valence-corrected chi connectivity index (χ1v) is 18.1. The number of fused-ring (bicyclic) bond motifs is 1. The minimum atomic E-state index is -0.842. The monoisotopic (exact) mass is 700 g/mol. The highest BCUT2D eigenvalue weighted by Crippen LogP contribution is 2.39. The molecule has 270 valence electrons. The highest BCUT2D eigenvalue weighted by Gasteiger charge is 2.33. The molecule has 0 aromatic heterocycles. The van der Waals surface area contributed by atoms with Gasteiger partial charge in [0.25, 0.3) is 0 Å². The average Bonchev–Trinajstić information content (AvgIpc) is 3.18. The number of benzene rings is 5. The van der Waals surface area contributed by atoms with E-state index < -0.39 is 12.3 Å². The normalized spacial score (nSPS) is 18.0. The summed E-state index contributed by atoms with van der Waals surface area (Å²) < 4.78 is 13.4. The minimum Gasteiger partial charge on any atom is -0.481 e. The van der Waals surface area contributed by atoms with E-state index in [-0.39, 0.29) is 37.2 Å². The molecular formula is C44H48N2O6. The summed E-state index contributed by atoms with van der Waals surface area (Å²) in [6, 6.07) is 39.6. The Morgan fingerprint density at radius 3 is 2.29 bits per heavy atom. The fourth-order valence-electron chi connectivity index (χ4n) is 6.81. The number of nitrogens with zero attached hydrogens (tertiary/aromatic N) is 1. The molecule has 0 spiro atoms. The van der Waals surface area contributed by atoms with Crippen molar-refractivity contribution in [2.75, 3.05) is 13.6 Å². The van der Waals surface area contributed by atoms with Gasteiger partial charge in [0.05, 0.1) is 18.8 Å². The largest absolute Gasteiger partial charge is 0.481 e. The van der Waals surface area contributed by atoms with Crippen molar-refractivity contribution in [1.82, 2.24) is 10.2 Å². The number of amides is 1. The number of aliphatic carboxylic acids is 1. The number of nitrogens with one attached hydrogen (secondary N) is 1. The molecule has 0 radical (unpaired) electrons. The fraction of sp³-hybridized carbons (Fsp3) is 0.318. The maximum absolute atomic E-state index is 12.3. The molecule has 0 bridgehead atoms. The van der Waals surface area contributed by atoms with E-state index in [0.29, 0.717) is 38.8 Å². The predicted octanol–water partition coefficient (Wildman–Crippen LogP) is 8.50. The zero-order valence-corrected chi connectivity index (χ0v) is 29.9. The lowest BCUT2D eigenvalue weighted by Crippen LogP contribution is -2.38. The van der Waals surface area contributed by atoms with Gasteiger partial charge in [-0.2, -0.15) is 0 Å². The van der Waals surface area contributed by atoms with Crippen molar-refractivity contribution in [2.45, 2.75) is 76.7 Å². The van der Waals surface area contributed by atoms with E-state index in [9.17, 15) is 14.7 Å². The third-order valence-electron chi connectivity index (χ3n) is 9.98. The van der Waals surface area contributed by atoms with Crippen molar-refractivity contribution >= 4 is 22.6 Å². The van der Waals surface area contributed by atoms with Gasteiger partial charge < -0.3 is 25.0 Å². The van der Waals surface area contributed by atoms with Crippen molar-refractivity contribution in [3.63, 3.8) is 0 Å². The molecule has 1 fully saturated rings. The van der Waals surface area contributed by atoms with Crippen LogP contribution in [0.15, 0.2) is 115 Å². The molecule has 5 aromatic carbocycles. The number of ether oxygens (including phenoxy) is 2. The molecule has 3 N–H and O–H groups in total. The maximum Gasteiger partial charge on any atom is 0.303 e. The predicted molar refractivity (Wildman–Crippen MR) is 203 cm³/mol. The van der Waals surface area contributed by atoms with Crippen molar-refractivity contribution in [3.05, 3.63) is 143 Å². The summed E-state index contributed by atoms with van der Waals surface area (Å²) in [7, 11) is 2.15. The molecule has 1 heterocycles. The van der Waals surface area contributed by atoms with Gasteiger partial charge in [-0.3, -0.25) is 14.5 Å². The minimum absolute atomic E-state index is 0.00736. The Morgan fingerprint density at radius 1 is 0.788 bits per heavy atom. The number of unbranched alkanes of at least 4 members (excludes halogenated alkanes) is 1. The van der Waals surface area contributed by atoms with Crippen LogP contribution in [-0.2, 0) is 32.2 Å². The summed E-state index contributed by atoms with van der Waals surface area (Å²) in [5, 5.41) is 23.9. The van der Waals surface area contributed by atoms with Gasteiger partial charge >= 0.3 is 5.97 Å². The van der Waals surface area contributed by atoms with Crippen molar-refractivity contribution in [1.29, 1.82) is 0 Å². The quantitative estimate of drug-likeness (QED) is 0.0941. The van der Waals surface area contributed by atoms with Gasteiger partial charge in [0.2, 0.25) is 5.91 Å². The summed E-state index contributed by atoms with van der Waals surface area (Å²) >= 11 is 0. The SMILES string of the molecule is C[C@H](c1ccc2ccccc2c1)N(C)C[C@H]1C[C@@H](c2ccc(CO)cc2)O[C@@H](c2cccc(-c3cccc(CNC(=O)CCCCC(=O)O)c3)c2)O1. The Labute approximate surface area is 306 Å². The topological polar surface area (TPSA) is 108 Å². The standard InChI is InChI=1S/C44H48N2O6/c1-30(35-22-21-33-10-3-4-11-37(33)24-35)46(2)28-40-26-41(34-19-17-31(29-47)18-20-34)52-44(51-40)39-14-8-13-38(25-39)36-12-7-9-32(23-36)27-45-42(48)15-5-6-16-43(49)50/h3-4,7-14,17-25,30,40-41,44,47H,5-6,15-16,26-29H2,1-2H3,(H,45,48)(H,49,50)/t30-,40-,41+,44+/m1/s1. The Hall–Kier alpha value is -4.86. The summed E-state index contributed by atoms with van der Waals surface area (Å²) in [6.07, 6.45) is 1.22. The molecule has 0 aliphatic carbocycles. The average molecular weight is 701 g/mol. The third-order valence-corrected chi connectivity index (χ3v) is 9.98. The number of carbonyl (C=O) groups excluding carboxylic acids is 1. The highest BCUT2D eigenvalue weighted by atomic mass is 16.7. The molecule has 1 amide bonds. The summed E-state index contributed by atoms with van der Waals surface area (Å²) in [4.78, 5) is 25.4. The zero-order chi connectivity index (χ0) is 36.5. The Morgan fingerprint density at radius 2 is 1.52 bits per heavy atom. The van der Waals surface area contributed by atoms with Crippen LogP contribution in [0.3, 0.4) is 0 Å². The lowest BCUT2D eigenvalue weighted by molar-refractivity contribution is -0.253.